The largest absolute Gasteiger partial charge is 0.367 e. The zero-order valence-corrected chi connectivity index (χ0v) is 18.2. The number of nitro benzene ring substituents is 1. The number of halogens is 1. The number of benzene rings is 2. The summed E-state index contributed by atoms with van der Waals surface area (Å²) in [5.41, 5.74) is 1.85. The third kappa shape index (κ3) is 3.76. The van der Waals surface area contributed by atoms with E-state index in [0.717, 1.165) is 11.1 Å². The summed E-state index contributed by atoms with van der Waals surface area (Å²) in [5.74, 6) is 0. The fourth-order valence-electron chi connectivity index (χ4n) is 4.18. The van der Waals surface area contributed by atoms with Gasteiger partial charge in [0.2, 0.25) is 0 Å². The number of hydrogen-bond acceptors (Lipinski definition) is 7. The molecule has 9 nitrogen and oxygen atoms in total. The van der Waals surface area contributed by atoms with Gasteiger partial charge < -0.3 is 9.80 Å². The van der Waals surface area contributed by atoms with E-state index >= 15 is 0 Å². The van der Waals surface area contributed by atoms with Crippen molar-refractivity contribution in [2.24, 2.45) is 0 Å². The van der Waals surface area contributed by atoms with Gasteiger partial charge in [-0.15, -0.1) is 0 Å². The smallest absolute Gasteiger partial charge is 0.292 e. The van der Waals surface area contributed by atoms with Gasteiger partial charge in [-0.2, -0.15) is 9.78 Å². The molecule has 2 aromatic carbocycles. The van der Waals surface area contributed by atoms with Gasteiger partial charge in [-0.05, 0) is 24.3 Å². The lowest BCUT2D eigenvalue weighted by Gasteiger charge is -2.37. The molecule has 0 radical (unpaired) electrons. The van der Waals surface area contributed by atoms with Crippen molar-refractivity contribution in [2.45, 2.75) is 0 Å². The van der Waals surface area contributed by atoms with E-state index in [-0.39, 0.29) is 16.3 Å². The quantitative estimate of drug-likeness (QED) is 0.337. The van der Waals surface area contributed by atoms with Crippen LogP contribution in [-0.4, -0.2) is 45.9 Å². The van der Waals surface area contributed by atoms with E-state index in [1.165, 1.54) is 16.9 Å². The molecule has 0 bridgehead atoms. The fourth-order valence-corrected chi connectivity index (χ4v) is 4.43. The first-order valence-corrected chi connectivity index (χ1v) is 10.8. The maximum absolute atomic E-state index is 12.8. The lowest BCUT2D eigenvalue weighted by Crippen LogP contribution is -2.47. The molecule has 1 fully saturated rings. The molecule has 0 atom stereocenters. The van der Waals surface area contributed by atoms with Crippen molar-refractivity contribution in [2.75, 3.05) is 36.0 Å². The summed E-state index contributed by atoms with van der Waals surface area (Å²) in [4.78, 5) is 32.1. The highest BCUT2D eigenvalue weighted by Gasteiger charge is 2.24. The number of fused-ring (bicyclic) bond motifs is 1. The molecule has 10 heteroatoms. The highest BCUT2D eigenvalue weighted by atomic mass is 35.5. The van der Waals surface area contributed by atoms with Crippen LogP contribution in [0.4, 0.5) is 17.1 Å². The van der Waals surface area contributed by atoms with Gasteiger partial charge in [-0.25, -0.2) is 0 Å². The predicted octanol–water partition coefficient (Wildman–Crippen LogP) is 3.67. The molecule has 166 valence electrons. The molecule has 1 aliphatic heterocycles. The second kappa shape index (κ2) is 8.51. The number of pyridine rings is 1. The molecule has 0 amide bonds. The fraction of sp³-hybridized carbons (Fsp3) is 0.174. The molecular formula is C23H19ClN6O3. The SMILES string of the molecule is O=c1c(Cl)c(N2CCN(c3ccc([N+](=O)[O-])c4cnccc34)CC2)cnn1-c1ccccc1. The summed E-state index contributed by atoms with van der Waals surface area (Å²) >= 11 is 6.46. The molecule has 2 aromatic heterocycles. The zero-order chi connectivity index (χ0) is 22.9. The van der Waals surface area contributed by atoms with Crippen LogP contribution in [0.2, 0.25) is 5.02 Å². The maximum Gasteiger partial charge on any atom is 0.292 e. The van der Waals surface area contributed by atoms with Crippen LogP contribution in [0, 0.1) is 10.1 Å². The Morgan fingerprint density at radius 1 is 0.879 bits per heavy atom. The number of rotatable bonds is 4. The number of anilines is 2. The molecule has 4 aromatic rings. The van der Waals surface area contributed by atoms with E-state index in [1.807, 2.05) is 23.1 Å². The van der Waals surface area contributed by atoms with Crippen molar-refractivity contribution in [3.05, 3.63) is 92.6 Å². The molecule has 0 saturated carbocycles. The second-order valence-corrected chi connectivity index (χ2v) is 8.03. The van der Waals surface area contributed by atoms with Gasteiger partial charge in [-0.1, -0.05) is 29.8 Å². The van der Waals surface area contributed by atoms with E-state index in [0.29, 0.717) is 42.9 Å². The molecule has 0 aliphatic carbocycles. The molecular weight excluding hydrogens is 444 g/mol. The summed E-state index contributed by atoms with van der Waals surface area (Å²) < 4.78 is 1.29. The number of aromatic nitrogens is 3. The Bertz CT molecular complexity index is 1400. The minimum absolute atomic E-state index is 0.0392. The highest BCUT2D eigenvalue weighted by molar-refractivity contribution is 6.33. The van der Waals surface area contributed by atoms with E-state index in [2.05, 4.69) is 15.0 Å². The molecule has 0 N–H and O–H groups in total. The van der Waals surface area contributed by atoms with Gasteiger partial charge in [0.05, 0.1) is 27.9 Å². The third-order valence-corrected chi connectivity index (χ3v) is 6.19. The first-order valence-electron chi connectivity index (χ1n) is 10.4. The first kappa shape index (κ1) is 20.9. The third-order valence-electron chi connectivity index (χ3n) is 5.83. The number of nitro groups is 1. The number of piperazine rings is 1. The van der Waals surface area contributed by atoms with Crippen molar-refractivity contribution in [1.29, 1.82) is 0 Å². The van der Waals surface area contributed by atoms with Gasteiger partial charge in [0, 0.05) is 55.7 Å². The van der Waals surface area contributed by atoms with Gasteiger partial charge in [-0.3, -0.25) is 19.9 Å². The molecule has 33 heavy (non-hydrogen) atoms. The normalized spacial score (nSPS) is 14.0. The number of non-ortho nitro benzene ring substituents is 1. The highest BCUT2D eigenvalue weighted by Crippen LogP contribution is 2.34. The van der Waals surface area contributed by atoms with Crippen LogP contribution in [0.15, 0.2) is 71.9 Å². The summed E-state index contributed by atoms with van der Waals surface area (Å²) in [5, 5.41) is 17.1. The molecule has 1 aliphatic rings. The van der Waals surface area contributed by atoms with Gasteiger partial charge >= 0.3 is 0 Å². The Balaban J connectivity index is 1.39. The number of nitrogens with zero attached hydrogens (tertiary/aromatic N) is 6. The van der Waals surface area contributed by atoms with Crippen LogP contribution >= 0.6 is 11.6 Å². The van der Waals surface area contributed by atoms with Gasteiger partial charge in [0.25, 0.3) is 11.2 Å². The molecule has 0 unspecified atom stereocenters. The molecule has 5 rings (SSSR count). The van der Waals surface area contributed by atoms with E-state index in [4.69, 9.17) is 11.6 Å². The maximum atomic E-state index is 12.8. The molecule has 1 saturated heterocycles. The van der Waals surface area contributed by atoms with Crippen LogP contribution in [0.25, 0.3) is 16.5 Å². The summed E-state index contributed by atoms with van der Waals surface area (Å²) in [6.45, 7) is 2.57. The Kier molecular flexibility index (Phi) is 5.39. The van der Waals surface area contributed by atoms with Crippen LogP contribution in [0.1, 0.15) is 0 Å². The van der Waals surface area contributed by atoms with Crippen molar-refractivity contribution >= 4 is 39.4 Å². The van der Waals surface area contributed by atoms with Crippen molar-refractivity contribution in [3.63, 3.8) is 0 Å². The Labute approximate surface area is 193 Å². The van der Waals surface area contributed by atoms with Crippen LogP contribution in [-0.2, 0) is 0 Å². The summed E-state index contributed by atoms with van der Waals surface area (Å²) in [7, 11) is 0. The zero-order valence-electron chi connectivity index (χ0n) is 17.5. The average molecular weight is 463 g/mol. The molecule has 0 spiro atoms. The first-order chi connectivity index (χ1) is 16.0. The second-order valence-electron chi connectivity index (χ2n) is 7.65. The van der Waals surface area contributed by atoms with Crippen LogP contribution in [0.3, 0.4) is 0 Å². The Morgan fingerprint density at radius 3 is 2.27 bits per heavy atom. The minimum Gasteiger partial charge on any atom is -0.367 e. The lowest BCUT2D eigenvalue weighted by atomic mass is 10.1. The number of para-hydroxylation sites is 1. The van der Waals surface area contributed by atoms with E-state index < -0.39 is 4.92 Å². The monoisotopic (exact) mass is 462 g/mol. The summed E-state index contributed by atoms with van der Waals surface area (Å²) in [6.07, 6.45) is 4.79. The lowest BCUT2D eigenvalue weighted by molar-refractivity contribution is -0.383. The minimum atomic E-state index is -0.391. The Hall–Kier alpha value is -3.98. The topological polar surface area (TPSA) is 97.4 Å². The van der Waals surface area contributed by atoms with Crippen molar-refractivity contribution in [1.82, 2.24) is 14.8 Å². The van der Waals surface area contributed by atoms with Gasteiger partial charge in [0.1, 0.15) is 5.02 Å². The van der Waals surface area contributed by atoms with Crippen molar-refractivity contribution in [3.8, 4) is 5.69 Å². The molecule has 3 heterocycles. The Morgan fingerprint density at radius 2 is 1.58 bits per heavy atom. The average Bonchev–Trinajstić information content (AvgIpc) is 2.85. The summed E-state index contributed by atoms with van der Waals surface area (Å²) in [6, 6.07) is 14.2. The predicted molar refractivity (Wildman–Crippen MR) is 128 cm³/mol. The van der Waals surface area contributed by atoms with E-state index in [1.54, 1.807) is 36.7 Å². The van der Waals surface area contributed by atoms with Crippen LogP contribution < -0.4 is 15.4 Å². The van der Waals surface area contributed by atoms with Gasteiger partial charge in [0.15, 0.2) is 0 Å². The standard InChI is InChI=1S/C23H19ClN6O3/c24-22-21(15-26-29(23(22)31)16-4-2-1-3-5-16)28-12-10-27(11-13-28)19-6-7-20(30(32)33)18-14-25-9-8-17(18)19/h1-9,14-15H,10-13H2. The van der Waals surface area contributed by atoms with E-state index in [9.17, 15) is 14.9 Å². The number of hydrogen-bond donors (Lipinski definition) is 0. The van der Waals surface area contributed by atoms with Crippen molar-refractivity contribution < 1.29 is 4.92 Å². The van der Waals surface area contributed by atoms with Crippen LogP contribution in [0.5, 0.6) is 0 Å².